The second-order valence-corrected chi connectivity index (χ2v) is 10.3. The zero-order valence-electron chi connectivity index (χ0n) is 20.9. The fraction of sp³-hybridized carbons (Fsp3) is 0.387. The van der Waals surface area contributed by atoms with Crippen molar-refractivity contribution in [3.05, 3.63) is 101 Å². The highest BCUT2D eigenvalue weighted by Gasteiger charge is 2.25. The summed E-state index contributed by atoms with van der Waals surface area (Å²) in [5, 5.41) is 3.77. The smallest absolute Gasteiger partial charge is 0.254 e. The highest BCUT2D eigenvalue weighted by Crippen LogP contribution is 2.27. The number of carbonyl (C=O) groups excluding carboxylic acids is 1. The molecule has 1 unspecified atom stereocenters. The number of benzene rings is 3. The Morgan fingerprint density at radius 1 is 0.833 bits per heavy atom. The van der Waals surface area contributed by atoms with E-state index in [1.165, 1.54) is 27.9 Å². The highest BCUT2D eigenvalue weighted by atomic mass is 16.5. The minimum atomic E-state index is 0.130. The van der Waals surface area contributed by atoms with E-state index in [1.54, 1.807) is 0 Å². The summed E-state index contributed by atoms with van der Waals surface area (Å²) in [4.78, 5) is 17.5. The Hall–Kier alpha value is -3.15. The standard InChI is InChI=1S/C31H35N3O2/c35-31(34-17-13-23-5-1-2-7-26(23)22-34)25-9-11-28(12-10-25)33-18-14-27(15-19-33)32-21-30-29-8-4-3-6-24(29)16-20-36-30/h1-12,27,30,32H,13-22H2. The third-order valence-corrected chi connectivity index (χ3v) is 8.08. The molecule has 186 valence electrons. The number of ether oxygens (including phenoxy) is 1. The summed E-state index contributed by atoms with van der Waals surface area (Å²) in [7, 11) is 0. The van der Waals surface area contributed by atoms with Gasteiger partial charge in [-0.15, -0.1) is 0 Å². The number of carbonyl (C=O) groups is 1. The Kier molecular flexibility index (Phi) is 6.75. The molecule has 1 N–H and O–H groups in total. The molecule has 0 aromatic heterocycles. The summed E-state index contributed by atoms with van der Waals surface area (Å²) < 4.78 is 6.07. The zero-order valence-corrected chi connectivity index (χ0v) is 20.9. The van der Waals surface area contributed by atoms with E-state index in [1.807, 2.05) is 17.0 Å². The van der Waals surface area contributed by atoms with Crippen LogP contribution in [0.4, 0.5) is 5.69 Å². The van der Waals surface area contributed by atoms with Crippen molar-refractivity contribution in [2.45, 2.75) is 44.4 Å². The Labute approximate surface area is 214 Å². The molecule has 1 atom stereocenters. The van der Waals surface area contributed by atoms with Crippen LogP contribution in [0.3, 0.4) is 0 Å². The third kappa shape index (κ3) is 4.91. The normalized spacial score (nSPS) is 20.1. The number of hydrogen-bond acceptors (Lipinski definition) is 4. The van der Waals surface area contributed by atoms with Gasteiger partial charge in [-0.3, -0.25) is 4.79 Å². The van der Waals surface area contributed by atoms with Crippen LogP contribution in [0, 0.1) is 0 Å². The summed E-state index contributed by atoms with van der Waals surface area (Å²) >= 11 is 0. The number of fused-ring (bicyclic) bond motifs is 2. The maximum atomic E-state index is 13.1. The average molecular weight is 482 g/mol. The minimum Gasteiger partial charge on any atom is -0.372 e. The molecule has 1 amide bonds. The summed E-state index contributed by atoms with van der Waals surface area (Å²) in [5.41, 5.74) is 7.39. The Balaban J connectivity index is 1.00. The molecule has 1 fully saturated rings. The molecule has 0 aliphatic carbocycles. The quantitative estimate of drug-likeness (QED) is 0.571. The van der Waals surface area contributed by atoms with Crippen molar-refractivity contribution >= 4 is 11.6 Å². The molecule has 3 aliphatic rings. The predicted molar refractivity (Wildman–Crippen MR) is 143 cm³/mol. The van der Waals surface area contributed by atoms with Gasteiger partial charge in [0.05, 0.1) is 12.7 Å². The van der Waals surface area contributed by atoms with Gasteiger partial charge in [0.15, 0.2) is 0 Å². The van der Waals surface area contributed by atoms with Crippen LogP contribution in [0.25, 0.3) is 0 Å². The Morgan fingerprint density at radius 3 is 2.36 bits per heavy atom. The lowest BCUT2D eigenvalue weighted by Gasteiger charge is -2.35. The fourth-order valence-corrected chi connectivity index (χ4v) is 5.93. The Bertz CT molecular complexity index is 1200. The van der Waals surface area contributed by atoms with E-state index >= 15 is 0 Å². The van der Waals surface area contributed by atoms with Crippen molar-refractivity contribution in [3.8, 4) is 0 Å². The second-order valence-electron chi connectivity index (χ2n) is 10.3. The number of anilines is 1. The predicted octanol–water partition coefficient (Wildman–Crippen LogP) is 4.76. The second kappa shape index (κ2) is 10.5. The first-order valence-corrected chi connectivity index (χ1v) is 13.4. The molecular weight excluding hydrogens is 446 g/mol. The third-order valence-electron chi connectivity index (χ3n) is 8.08. The van der Waals surface area contributed by atoms with Gasteiger partial charge in [-0.05, 0) is 72.2 Å². The van der Waals surface area contributed by atoms with Crippen molar-refractivity contribution < 1.29 is 9.53 Å². The maximum Gasteiger partial charge on any atom is 0.254 e. The van der Waals surface area contributed by atoms with Gasteiger partial charge >= 0.3 is 0 Å². The van der Waals surface area contributed by atoms with E-state index in [-0.39, 0.29) is 12.0 Å². The van der Waals surface area contributed by atoms with E-state index < -0.39 is 0 Å². The van der Waals surface area contributed by atoms with Crippen molar-refractivity contribution in [2.75, 3.05) is 37.7 Å². The molecule has 3 aliphatic heterocycles. The van der Waals surface area contributed by atoms with Crippen molar-refractivity contribution in [1.29, 1.82) is 0 Å². The van der Waals surface area contributed by atoms with E-state index in [0.29, 0.717) is 12.6 Å². The van der Waals surface area contributed by atoms with Crippen LogP contribution in [0.15, 0.2) is 72.8 Å². The van der Waals surface area contributed by atoms with Gasteiger partial charge in [0.1, 0.15) is 0 Å². The lowest BCUT2D eigenvalue weighted by Crippen LogP contribution is -2.44. The lowest BCUT2D eigenvalue weighted by molar-refractivity contribution is 0.0401. The molecule has 36 heavy (non-hydrogen) atoms. The average Bonchev–Trinajstić information content (AvgIpc) is 2.96. The first-order valence-electron chi connectivity index (χ1n) is 13.4. The molecule has 5 heteroatoms. The van der Waals surface area contributed by atoms with Gasteiger partial charge in [-0.2, -0.15) is 0 Å². The largest absolute Gasteiger partial charge is 0.372 e. The SMILES string of the molecule is O=C(c1ccc(N2CCC(NCC3OCCc4ccccc43)CC2)cc1)N1CCc2ccccc2C1. The van der Waals surface area contributed by atoms with Crippen LogP contribution in [0.1, 0.15) is 51.6 Å². The molecule has 0 bridgehead atoms. The lowest BCUT2D eigenvalue weighted by atomic mass is 9.97. The van der Waals surface area contributed by atoms with Crippen LogP contribution < -0.4 is 10.2 Å². The van der Waals surface area contributed by atoms with Gasteiger partial charge in [-0.1, -0.05) is 48.5 Å². The van der Waals surface area contributed by atoms with Crippen LogP contribution >= 0.6 is 0 Å². The number of rotatable bonds is 5. The van der Waals surface area contributed by atoms with Crippen molar-refractivity contribution in [3.63, 3.8) is 0 Å². The van der Waals surface area contributed by atoms with Crippen molar-refractivity contribution in [2.24, 2.45) is 0 Å². The van der Waals surface area contributed by atoms with E-state index in [4.69, 9.17) is 4.74 Å². The zero-order chi connectivity index (χ0) is 24.3. The molecule has 1 saturated heterocycles. The molecule has 6 rings (SSSR count). The summed E-state index contributed by atoms with van der Waals surface area (Å²) in [5.74, 6) is 0.130. The fourth-order valence-electron chi connectivity index (χ4n) is 5.93. The number of hydrogen-bond donors (Lipinski definition) is 1. The van der Waals surface area contributed by atoms with Gasteiger partial charge in [0, 0.05) is 50.0 Å². The molecule has 0 spiro atoms. The summed E-state index contributed by atoms with van der Waals surface area (Å²) in [6.45, 7) is 5.22. The van der Waals surface area contributed by atoms with Gasteiger partial charge in [-0.25, -0.2) is 0 Å². The van der Waals surface area contributed by atoms with Crippen LogP contribution in [0.5, 0.6) is 0 Å². The molecular formula is C31H35N3O2. The first kappa shape index (κ1) is 23.3. The highest BCUT2D eigenvalue weighted by molar-refractivity contribution is 5.94. The first-order chi connectivity index (χ1) is 17.7. The summed E-state index contributed by atoms with van der Waals surface area (Å²) in [6.07, 6.45) is 4.33. The monoisotopic (exact) mass is 481 g/mol. The van der Waals surface area contributed by atoms with E-state index in [0.717, 1.165) is 64.0 Å². The van der Waals surface area contributed by atoms with Gasteiger partial charge in [0.25, 0.3) is 5.91 Å². The number of nitrogens with one attached hydrogen (secondary N) is 1. The minimum absolute atomic E-state index is 0.130. The molecule has 3 heterocycles. The number of amides is 1. The van der Waals surface area contributed by atoms with Gasteiger partial charge < -0.3 is 19.9 Å². The topological polar surface area (TPSA) is 44.8 Å². The van der Waals surface area contributed by atoms with E-state index in [9.17, 15) is 4.79 Å². The molecule has 3 aromatic rings. The molecule has 0 saturated carbocycles. The van der Waals surface area contributed by atoms with Crippen molar-refractivity contribution in [1.82, 2.24) is 10.2 Å². The molecule has 5 nitrogen and oxygen atoms in total. The van der Waals surface area contributed by atoms with Crippen LogP contribution in [0.2, 0.25) is 0 Å². The molecule has 3 aromatic carbocycles. The Morgan fingerprint density at radius 2 is 1.56 bits per heavy atom. The van der Waals surface area contributed by atoms with Crippen LogP contribution in [-0.4, -0.2) is 49.6 Å². The van der Waals surface area contributed by atoms with Gasteiger partial charge in [0.2, 0.25) is 0 Å². The molecule has 0 radical (unpaired) electrons. The van der Waals surface area contributed by atoms with Crippen LogP contribution in [-0.2, 0) is 24.1 Å². The number of piperidine rings is 1. The maximum absolute atomic E-state index is 13.1. The number of nitrogens with zero attached hydrogens (tertiary/aromatic N) is 2. The van der Waals surface area contributed by atoms with E-state index in [2.05, 4.69) is 70.9 Å². The summed E-state index contributed by atoms with van der Waals surface area (Å²) in [6, 6.07) is 25.9.